The van der Waals surface area contributed by atoms with Crippen molar-refractivity contribution in [2.45, 2.75) is 0 Å². The number of aromatic nitrogens is 3. The lowest BCUT2D eigenvalue weighted by Crippen LogP contribution is -2.18. The van der Waals surface area contributed by atoms with Crippen LogP contribution in [0, 0.1) is 0 Å². The van der Waals surface area contributed by atoms with Gasteiger partial charge in [0.25, 0.3) is 5.56 Å². The molecule has 0 fully saturated rings. The van der Waals surface area contributed by atoms with E-state index in [0.29, 0.717) is 11.4 Å². The third kappa shape index (κ3) is 1.67. The number of aryl methyl sites for hydroxylation is 2. The van der Waals surface area contributed by atoms with E-state index < -0.39 is 0 Å². The predicted molar refractivity (Wildman–Crippen MR) is 58.3 cm³/mol. The Hall–Kier alpha value is -2.17. The topological polar surface area (TPSA) is 56.9 Å². The van der Waals surface area contributed by atoms with Gasteiger partial charge < -0.3 is 9.13 Å². The first-order valence-corrected chi connectivity index (χ1v) is 4.78. The van der Waals surface area contributed by atoms with Crippen molar-refractivity contribution in [1.29, 1.82) is 0 Å². The van der Waals surface area contributed by atoms with Gasteiger partial charge in [-0.1, -0.05) is 0 Å². The van der Waals surface area contributed by atoms with Crippen molar-refractivity contribution < 1.29 is 4.79 Å². The zero-order chi connectivity index (χ0) is 11.7. The molecule has 5 heteroatoms. The summed E-state index contributed by atoms with van der Waals surface area (Å²) in [6.07, 6.45) is 4.81. The molecule has 0 saturated heterocycles. The number of carbonyl (C=O) groups is 1. The van der Waals surface area contributed by atoms with Gasteiger partial charge in [-0.2, -0.15) is 0 Å². The van der Waals surface area contributed by atoms with E-state index in [-0.39, 0.29) is 11.3 Å². The number of ketones is 1. The molecule has 0 aliphatic rings. The van der Waals surface area contributed by atoms with Gasteiger partial charge in [-0.15, -0.1) is 0 Å². The van der Waals surface area contributed by atoms with Crippen LogP contribution >= 0.6 is 0 Å². The molecule has 2 heterocycles. The molecular formula is C11H11N3O2. The number of nitrogens with zero attached hydrogens (tertiary/aromatic N) is 3. The molecule has 0 bridgehead atoms. The van der Waals surface area contributed by atoms with Gasteiger partial charge >= 0.3 is 0 Å². The predicted octanol–water partition coefficient (Wildman–Crippen LogP) is 0.350. The fraction of sp³-hybridized carbons (Fsp3) is 0.182. The van der Waals surface area contributed by atoms with Crippen molar-refractivity contribution >= 4 is 5.78 Å². The van der Waals surface area contributed by atoms with Gasteiger partial charge in [-0.25, -0.2) is 4.98 Å². The summed E-state index contributed by atoms with van der Waals surface area (Å²) in [6, 6.07) is 2.93. The largest absolute Gasteiger partial charge is 0.331 e. The summed E-state index contributed by atoms with van der Waals surface area (Å²) in [5, 5.41) is 0. The highest BCUT2D eigenvalue weighted by atomic mass is 16.1. The smallest absolute Gasteiger partial charge is 0.250 e. The van der Waals surface area contributed by atoms with Crippen LogP contribution in [0.1, 0.15) is 16.2 Å². The van der Waals surface area contributed by atoms with Crippen LogP contribution in [-0.4, -0.2) is 19.9 Å². The Morgan fingerprint density at radius 2 is 2.00 bits per heavy atom. The maximum absolute atomic E-state index is 12.0. The summed E-state index contributed by atoms with van der Waals surface area (Å²) in [7, 11) is 3.37. The second-order valence-corrected chi connectivity index (χ2v) is 3.56. The Morgan fingerprint density at radius 3 is 2.56 bits per heavy atom. The minimum absolute atomic E-state index is 0.208. The molecular weight excluding hydrogens is 206 g/mol. The molecule has 0 aliphatic heterocycles. The molecule has 0 unspecified atom stereocenters. The van der Waals surface area contributed by atoms with Gasteiger partial charge in [0.15, 0.2) is 5.82 Å². The van der Waals surface area contributed by atoms with Gasteiger partial charge in [0, 0.05) is 44.3 Å². The van der Waals surface area contributed by atoms with E-state index in [0.717, 1.165) is 0 Å². The minimum Gasteiger partial charge on any atom is -0.331 e. The average Bonchev–Trinajstić information content (AvgIpc) is 2.67. The van der Waals surface area contributed by atoms with E-state index in [9.17, 15) is 9.59 Å². The summed E-state index contributed by atoms with van der Waals surface area (Å²) in [6.45, 7) is 0. The zero-order valence-corrected chi connectivity index (χ0v) is 9.04. The SMILES string of the molecule is Cn1ccnc1C(=O)c1ccn(C)c(=O)c1. The van der Waals surface area contributed by atoms with Gasteiger partial charge in [0.1, 0.15) is 0 Å². The van der Waals surface area contributed by atoms with Crippen molar-refractivity contribution in [1.82, 2.24) is 14.1 Å². The molecule has 0 aromatic carbocycles. The highest BCUT2D eigenvalue weighted by Gasteiger charge is 2.13. The molecule has 82 valence electrons. The Labute approximate surface area is 92.0 Å². The van der Waals surface area contributed by atoms with Crippen LogP contribution in [0.25, 0.3) is 0 Å². The van der Waals surface area contributed by atoms with Gasteiger partial charge in [0.2, 0.25) is 5.78 Å². The third-order valence-electron chi connectivity index (χ3n) is 2.39. The molecule has 0 aliphatic carbocycles. The number of hydrogen-bond donors (Lipinski definition) is 0. The highest BCUT2D eigenvalue weighted by Crippen LogP contribution is 2.04. The number of carbonyl (C=O) groups excluding carboxylic acids is 1. The normalized spacial score (nSPS) is 10.4. The Balaban J connectivity index is 2.46. The second-order valence-electron chi connectivity index (χ2n) is 3.56. The molecule has 2 aromatic rings. The van der Waals surface area contributed by atoms with Crippen molar-refractivity contribution in [3.05, 3.63) is 52.5 Å². The van der Waals surface area contributed by atoms with E-state index in [1.807, 2.05) is 0 Å². The molecule has 5 nitrogen and oxygen atoms in total. The lowest BCUT2D eigenvalue weighted by atomic mass is 10.1. The summed E-state index contributed by atoms with van der Waals surface area (Å²) in [5.41, 5.74) is 0.150. The molecule has 0 radical (unpaired) electrons. The lowest BCUT2D eigenvalue weighted by Gasteiger charge is -2.02. The van der Waals surface area contributed by atoms with Crippen molar-refractivity contribution in [3.8, 4) is 0 Å². The molecule has 0 N–H and O–H groups in total. The summed E-state index contributed by atoms with van der Waals surface area (Å²) in [5.74, 6) is 0.0819. The van der Waals surface area contributed by atoms with Crippen LogP contribution in [-0.2, 0) is 14.1 Å². The molecule has 2 aromatic heterocycles. The Kier molecular flexibility index (Phi) is 2.44. The molecule has 16 heavy (non-hydrogen) atoms. The monoisotopic (exact) mass is 217 g/mol. The first kappa shape index (κ1) is 10.4. The van der Waals surface area contributed by atoms with Crippen molar-refractivity contribution in [2.24, 2.45) is 14.1 Å². The number of hydrogen-bond acceptors (Lipinski definition) is 3. The molecule has 0 atom stereocenters. The first-order valence-electron chi connectivity index (χ1n) is 4.78. The maximum Gasteiger partial charge on any atom is 0.250 e. The standard InChI is InChI=1S/C11H11N3O2/c1-13-5-3-8(7-9(13)15)10(16)11-12-4-6-14(11)2/h3-7H,1-2H3. The molecule has 0 saturated carbocycles. The number of rotatable bonds is 2. The van der Waals surface area contributed by atoms with Gasteiger partial charge in [-0.3, -0.25) is 9.59 Å². The summed E-state index contributed by atoms with van der Waals surface area (Å²) in [4.78, 5) is 27.3. The van der Waals surface area contributed by atoms with Gasteiger partial charge in [0.05, 0.1) is 0 Å². The summed E-state index contributed by atoms with van der Waals surface area (Å²) < 4.78 is 3.04. The van der Waals surface area contributed by atoms with Crippen LogP contribution in [0.5, 0.6) is 0 Å². The molecule has 0 amide bonds. The minimum atomic E-state index is -0.245. The molecule has 2 rings (SSSR count). The van der Waals surface area contributed by atoms with Gasteiger partial charge in [-0.05, 0) is 6.07 Å². The Bertz CT molecular complexity index is 595. The fourth-order valence-corrected chi connectivity index (χ4v) is 1.40. The van der Waals surface area contributed by atoms with E-state index in [1.54, 1.807) is 43.3 Å². The first-order chi connectivity index (χ1) is 7.59. The number of imidazole rings is 1. The third-order valence-corrected chi connectivity index (χ3v) is 2.39. The van der Waals surface area contributed by atoms with Crippen LogP contribution in [0.4, 0.5) is 0 Å². The maximum atomic E-state index is 12.0. The van der Waals surface area contributed by atoms with Crippen molar-refractivity contribution in [2.75, 3.05) is 0 Å². The second kappa shape index (κ2) is 3.77. The van der Waals surface area contributed by atoms with Crippen LogP contribution in [0.3, 0.4) is 0 Å². The van der Waals surface area contributed by atoms with E-state index >= 15 is 0 Å². The Morgan fingerprint density at radius 1 is 1.25 bits per heavy atom. The van der Waals surface area contributed by atoms with E-state index in [2.05, 4.69) is 4.98 Å². The van der Waals surface area contributed by atoms with Crippen molar-refractivity contribution in [3.63, 3.8) is 0 Å². The average molecular weight is 217 g/mol. The summed E-state index contributed by atoms with van der Waals surface area (Å²) >= 11 is 0. The molecule has 0 spiro atoms. The quantitative estimate of drug-likeness (QED) is 0.682. The number of pyridine rings is 1. The fourth-order valence-electron chi connectivity index (χ4n) is 1.40. The van der Waals surface area contributed by atoms with Crippen LogP contribution in [0.2, 0.25) is 0 Å². The van der Waals surface area contributed by atoms with Crippen LogP contribution in [0.15, 0.2) is 35.5 Å². The zero-order valence-electron chi connectivity index (χ0n) is 9.04. The highest BCUT2D eigenvalue weighted by molar-refractivity contribution is 6.06. The van der Waals surface area contributed by atoms with E-state index in [1.165, 1.54) is 10.6 Å². The van der Waals surface area contributed by atoms with E-state index in [4.69, 9.17) is 0 Å². The van der Waals surface area contributed by atoms with Crippen LogP contribution < -0.4 is 5.56 Å². The lowest BCUT2D eigenvalue weighted by molar-refractivity contribution is 0.102.